The lowest BCUT2D eigenvalue weighted by molar-refractivity contribution is -0.929. The molecular weight excluding hydrogens is 879 g/mol. The third-order valence-electron chi connectivity index (χ3n) is 17.9. The Hall–Kier alpha value is -0.0400. The van der Waals surface area contributed by atoms with Crippen LogP contribution in [0.1, 0.15) is 439 Å². The molecule has 0 spiro atoms. The first-order chi connectivity index (χ1) is 36.2. The van der Waals surface area contributed by atoms with E-state index in [9.17, 15) is 0 Å². The van der Waals surface area contributed by atoms with Gasteiger partial charge >= 0.3 is 0 Å². The van der Waals surface area contributed by atoms with Crippen LogP contribution in [0.5, 0.6) is 0 Å². The van der Waals surface area contributed by atoms with Crippen molar-refractivity contribution < 1.29 is 4.48 Å². The van der Waals surface area contributed by atoms with Crippen molar-refractivity contribution in [3.05, 3.63) is 0 Å². The molecule has 0 rings (SSSR count). The van der Waals surface area contributed by atoms with E-state index in [4.69, 9.17) is 0 Å². The van der Waals surface area contributed by atoms with Crippen LogP contribution < -0.4 is 0 Å². The number of hydrogen-bond acceptors (Lipinski definition) is 0. The molecule has 0 atom stereocenters. The van der Waals surface area contributed by atoms with Crippen molar-refractivity contribution in [1.29, 1.82) is 0 Å². The van der Waals surface area contributed by atoms with Gasteiger partial charge in [-0.3, -0.25) is 0 Å². The average Bonchev–Trinajstić information content (AvgIpc) is 3.40. The molecule has 0 aromatic heterocycles. The maximum atomic E-state index is 2.34. The SMILES string of the molecule is CCCCCCCCCCCCCCCCCCC[N+](CCCCCCCCCCCCCCC)(CCCCCCCCCCCCCCCCCCC)CCCCCCCCCCCCCCCCCCC. The van der Waals surface area contributed by atoms with Crippen molar-refractivity contribution in [3.63, 3.8) is 0 Å². The standard InChI is InChI=1S/C72H148N/c1-5-9-13-17-21-25-29-33-36-39-42-46-50-54-58-62-66-70-73(69-65-61-57-53-49-45-32-28-24-20-16-12-8-4,71-67-63-59-55-51-47-43-40-37-34-30-26-22-18-14-10-6-2)72-68-64-60-56-52-48-44-41-38-35-31-27-23-19-15-11-7-3/h5-72H2,1-4H3/q+1. The van der Waals surface area contributed by atoms with Crippen molar-refractivity contribution in [3.8, 4) is 0 Å². The molecule has 0 heterocycles. The molecule has 1 nitrogen and oxygen atoms in total. The second-order valence-corrected chi connectivity index (χ2v) is 25.4. The summed E-state index contributed by atoms with van der Waals surface area (Å²) in [6, 6.07) is 0. The first-order valence-corrected chi connectivity index (χ1v) is 36.1. The Labute approximate surface area is 467 Å². The van der Waals surface area contributed by atoms with E-state index in [0.717, 1.165) is 0 Å². The molecule has 0 radical (unpaired) electrons. The number of rotatable bonds is 68. The maximum absolute atomic E-state index is 2.34. The Balaban J connectivity index is 4.93. The van der Waals surface area contributed by atoms with Crippen molar-refractivity contribution in [1.82, 2.24) is 0 Å². The third-order valence-corrected chi connectivity index (χ3v) is 17.9. The molecule has 0 aromatic rings. The summed E-state index contributed by atoms with van der Waals surface area (Å²) in [5, 5.41) is 0. The Bertz CT molecular complexity index is 832. The van der Waals surface area contributed by atoms with Gasteiger partial charge in [0.2, 0.25) is 0 Å². The fourth-order valence-corrected chi connectivity index (χ4v) is 12.7. The summed E-state index contributed by atoms with van der Waals surface area (Å²) in [5.74, 6) is 0. The van der Waals surface area contributed by atoms with Crippen LogP contribution in [-0.2, 0) is 0 Å². The van der Waals surface area contributed by atoms with E-state index < -0.39 is 0 Å². The number of nitrogens with zero attached hydrogens (tertiary/aromatic N) is 1. The van der Waals surface area contributed by atoms with Crippen LogP contribution in [0.3, 0.4) is 0 Å². The van der Waals surface area contributed by atoms with E-state index in [-0.39, 0.29) is 0 Å². The summed E-state index contributed by atoms with van der Waals surface area (Å²) in [7, 11) is 0. The zero-order valence-electron chi connectivity index (χ0n) is 52.5. The Morgan fingerprint density at radius 1 is 0.110 bits per heavy atom. The van der Waals surface area contributed by atoms with Gasteiger partial charge in [0.05, 0.1) is 26.2 Å². The van der Waals surface area contributed by atoms with E-state index in [1.54, 1.807) is 0 Å². The summed E-state index contributed by atoms with van der Waals surface area (Å²) in [6.07, 6.45) is 94.7. The van der Waals surface area contributed by atoms with Gasteiger partial charge in [0, 0.05) is 0 Å². The molecule has 0 aliphatic rings. The van der Waals surface area contributed by atoms with Crippen LogP contribution in [0.2, 0.25) is 0 Å². The highest BCUT2D eigenvalue weighted by Crippen LogP contribution is 2.23. The summed E-state index contributed by atoms with van der Waals surface area (Å²) in [5.41, 5.74) is 0. The monoisotopic (exact) mass is 1030 g/mol. The zero-order valence-corrected chi connectivity index (χ0v) is 52.5. The summed E-state index contributed by atoms with van der Waals surface area (Å²) < 4.78 is 1.49. The minimum atomic E-state index is 1.37. The second kappa shape index (κ2) is 66.2. The summed E-state index contributed by atoms with van der Waals surface area (Å²) in [4.78, 5) is 0. The van der Waals surface area contributed by atoms with E-state index in [1.807, 2.05) is 0 Å². The van der Waals surface area contributed by atoms with E-state index >= 15 is 0 Å². The lowest BCUT2D eigenvalue weighted by Crippen LogP contribution is -2.50. The first-order valence-electron chi connectivity index (χ1n) is 36.1. The van der Waals surface area contributed by atoms with Crippen molar-refractivity contribution in [2.24, 2.45) is 0 Å². The summed E-state index contributed by atoms with van der Waals surface area (Å²) >= 11 is 0. The molecule has 1 heteroatoms. The van der Waals surface area contributed by atoms with E-state index in [1.165, 1.54) is 442 Å². The van der Waals surface area contributed by atoms with Crippen LogP contribution in [0.25, 0.3) is 0 Å². The van der Waals surface area contributed by atoms with Crippen LogP contribution in [0, 0.1) is 0 Å². The maximum Gasteiger partial charge on any atom is 0.0786 e. The molecule has 73 heavy (non-hydrogen) atoms. The van der Waals surface area contributed by atoms with Gasteiger partial charge in [-0.2, -0.15) is 0 Å². The highest BCUT2D eigenvalue weighted by molar-refractivity contribution is 4.58. The molecule has 440 valence electrons. The predicted octanol–water partition coefficient (Wildman–Crippen LogP) is 26.8. The van der Waals surface area contributed by atoms with Crippen molar-refractivity contribution in [2.75, 3.05) is 26.2 Å². The topological polar surface area (TPSA) is 0 Å². The van der Waals surface area contributed by atoms with Gasteiger partial charge < -0.3 is 4.48 Å². The lowest BCUT2D eigenvalue weighted by atomic mass is 10.0. The van der Waals surface area contributed by atoms with Gasteiger partial charge in [0.1, 0.15) is 0 Å². The van der Waals surface area contributed by atoms with Crippen LogP contribution >= 0.6 is 0 Å². The first kappa shape index (κ1) is 73.0. The van der Waals surface area contributed by atoms with E-state index in [0.29, 0.717) is 0 Å². The van der Waals surface area contributed by atoms with Gasteiger partial charge in [0.15, 0.2) is 0 Å². The Kier molecular flexibility index (Phi) is 66.2. The quantitative estimate of drug-likeness (QED) is 0.0421. The van der Waals surface area contributed by atoms with Gasteiger partial charge in [0.25, 0.3) is 0 Å². The highest BCUT2D eigenvalue weighted by atomic mass is 15.3. The largest absolute Gasteiger partial charge is 0.324 e. The van der Waals surface area contributed by atoms with Crippen LogP contribution in [0.4, 0.5) is 0 Å². The van der Waals surface area contributed by atoms with Gasteiger partial charge in [-0.15, -0.1) is 0 Å². The van der Waals surface area contributed by atoms with Gasteiger partial charge in [-0.25, -0.2) is 0 Å². The third kappa shape index (κ3) is 61.0. The van der Waals surface area contributed by atoms with Crippen LogP contribution in [0.15, 0.2) is 0 Å². The molecule has 0 aliphatic heterocycles. The molecular formula is C72H148N+. The molecule has 0 unspecified atom stereocenters. The van der Waals surface area contributed by atoms with Crippen LogP contribution in [-0.4, -0.2) is 30.7 Å². The Morgan fingerprint density at radius 3 is 0.288 bits per heavy atom. The minimum Gasteiger partial charge on any atom is -0.324 e. The van der Waals surface area contributed by atoms with Crippen molar-refractivity contribution >= 4 is 0 Å². The van der Waals surface area contributed by atoms with Crippen molar-refractivity contribution in [2.45, 2.75) is 439 Å². The van der Waals surface area contributed by atoms with Gasteiger partial charge in [-0.1, -0.05) is 387 Å². The van der Waals surface area contributed by atoms with E-state index in [2.05, 4.69) is 27.7 Å². The zero-order chi connectivity index (χ0) is 52.6. The fourth-order valence-electron chi connectivity index (χ4n) is 12.7. The number of unbranched alkanes of at least 4 members (excludes halogenated alkanes) is 60. The molecule has 0 fully saturated rings. The minimum absolute atomic E-state index is 1.37. The molecule has 0 bridgehead atoms. The lowest BCUT2D eigenvalue weighted by Gasteiger charge is -2.40. The highest BCUT2D eigenvalue weighted by Gasteiger charge is 2.26. The molecule has 0 N–H and O–H groups in total. The smallest absolute Gasteiger partial charge is 0.0786 e. The number of hydrogen-bond donors (Lipinski definition) is 0. The van der Waals surface area contributed by atoms with Gasteiger partial charge in [-0.05, 0) is 51.4 Å². The molecule has 0 saturated heterocycles. The average molecular weight is 1030 g/mol. The fraction of sp³-hybridized carbons (Fsp3) is 1.00. The number of quaternary nitrogens is 1. The predicted molar refractivity (Wildman–Crippen MR) is 338 cm³/mol. The Morgan fingerprint density at radius 2 is 0.192 bits per heavy atom. The summed E-state index contributed by atoms with van der Waals surface area (Å²) in [6.45, 7) is 15.3. The molecule has 0 aromatic carbocycles. The second-order valence-electron chi connectivity index (χ2n) is 25.4. The normalized spacial score (nSPS) is 12.0. The molecule has 0 aliphatic carbocycles. The molecule has 0 amide bonds. The molecule has 0 saturated carbocycles.